The van der Waals surface area contributed by atoms with E-state index in [1.165, 1.54) is 31.7 Å². The molecule has 4 heteroatoms. The van der Waals surface area contributed by atoms with Crippen molar-refractivity contribution in [1.29, 1.82) is 0 Å². The third kappa shape index (κ3) is 2.69. The van der Waals surface area contributed by atoms with E-state index < -0.39 is 0 Å². The Labute approximate surface area is 107 Å². The van der Waals surface area contributed by atoms with Gasteiger partial charge >= 0.3 is 0 Å². The molecule has 0 amide bonds. The molecule has 1 saturated heterocycles. The van der Waals surface area contributed by atoms with Gasteiger partial charge in [0.25, 0.3) is 0 Å². The van der Waals surface area contributed by atoms with Crippen LogP contribution in [0.2, 0.25) is 10.0 Å². The monoisotopic (exact) mass is 260 g/mol. The molecule has 1 atom stereocenters. The summed E-state index contributed by atoms with van der Waals surface area (Å²) in [5.74, 6) is 0. The Morgan fingerprint density at radius 3 is 2.50 bits per heavy atom. The molecule has 16 heavy (non-hydrogen) atoms. The highest BCUT2D eigenvalue weighted by Gasteiger charge is 2.23. The lowest BCUT2D eigenvalue weighted by atomic mass is 10.1. The summed E-state index contributed by atoms with van der Waals surface area (Å²) in [4.78, 5) is 1.64. The highest BCUT2D eigenvalue weighted by molar-refractivity contribution is 6.42. The van der Waals surface area contributed by atoms with Gasteiger partial charge in [0, 0.05) is 5.56 Å². The predicted molar refractivity (Wildman–Crippen MR) is 67.2 cm³/mol. The lowest BCUT2D eigenvalue weighted by Crippen LogP contribution is -3.20. The van der Waals surface area contributed by atoms with Crippen LogP contribution in [0.1, 0.15) is 18.5 Å². The summed E-state index contributed by atoms with van der Waals surface area (Å²) < 4.78 is 0. The van der Waals surface area contributed by atoms with E-state index in [4.69, 9.17) is 23.2 Å². The van der Waals surface area contributed by atoms with Crippen molar-refractivity contribution in [2.75, 3.05) is 26.2 Å². The minimum atomic E-state index is 0.503. The van der Waals surface area contributed by atoms with E-state index in [1.807, 2.05) is 12.1 Å². The van der Waals surface area contributed by atoms with Crippen molar-refractivity contribution in [2.24, 2.45) is 0 Å². The molecule has 3 N–H and O–H groups in total. The molecule has 1 aromatic carbocycles. The van der Waals surface area contributed by atoms with E-state index in [-0.39, 0.29) is 0 Å². The average molecular weight is 261 g/mol. The van der Waals surface area contributed by atoms with Crippen LogP contribution in [0.15, 0.2) is 18.2 Å². The number of hydrogen-bond acceptors (Lipinski definition) is 0. The fourth-order valence-corrected chi connectivity index (χ4v) is 2.60. The Morgan fingerprint density at radius 2 is 1.88 bits per heavy atom. The van der Waals surface area contributed by atoms with E-state index in [1.54, 1.807) is 4.90 Å². The number of quaternary nitrogens is 2. The zero-order chi connectivity index (χ0) is 11.5. The lowest BCUT2D eigenvalue weighted by molar-refractivity contribution is -0.970. The van der Waals surface area contributed by atoms with E-state index in [2.05, 4.69) is 18.3 Å². The summed E-state index contributed by atoms with van der Waals surface area (Å²) in [6, 6.07) is 6.48. The SMILES string of the molecule is C[C@@H](c1ccc(Cl)c(Cl)c1)[NH+]1CC[NH2+]CC1. The quantitative estimate of drug-likeness (QED) is 0.774. The molecule has 1 fully saturated rings. The molecule has 0 radical (unpaired) electrons. The Bertz CT molecular complexity index is 362. The third-order valence-electron chi connectivity index (χ3n) is 3.40. The van der Waals surface area contributed by atoms with Crippen molar-refractivity contribution < 1.29 is 10.2 Å². The summed E-state index contributed by atoms with van der Waals surface area (Å²) >= 11 is 12.0. The number of piperazine rings is 1. The van der Waals surface area contributed by atoms with Crippen molar-refractivity contribution in [1.82, 2.24) is 0 Å². The first-order valence-corrected chi connectivity index (χ1v) is 6.55. The van der Waals surface area contributed by atoms with Gasteiger partial charge in [-0.25, -0.2) is 0 Å². The second-order valence-electron chi connectivity index (χ2n) is 4.42. The van der Waals surface area contributed by atoms with Crippen LogP contribution in [0.5, 0.6) is 0 Å². The van der Waals surface area contributed by atoms with Crippen molar-refractivity contribution in [2.45, 2.75) is 13.0 Å². The van der Waals surface area contributed by atoms with Crippen molar-refractivity contribution in [3.8, 4) is 0 Å². The molecule has 0 aromatic heterocycles. The first-order valence-electron chi connectivity index (χ1n) is 5.79. The Kier molecular flexibility index (Phi) is 4.09. The second kappa shape index (κ2) is 5.37. The van der Waals surface area contributed by atoms with Crippen LogP contribution in [0, 0.1) is 0 Å². The summed E-state index contributed by atoms with van der Waals surface area (Å²) in [7, 11) is 0. The van der Waals surface area contributed by atoms with Crippen LogP contribution in [0.4, 0.5) is 0 Å². The number of nitrogens with one attached hydrogen (secondary N) is 1. The molecule has 2 rings (SSSR count). The standard InChI is InChI=1S/C12H16Cl2N2/c1-9(16-6-4-15-5-7-16)10-2-3-11(13)12(14)8-10/h2-3,8-9,15H,4-7H2,1H3/p+2/t9-/m0/s1. The molecular formula is C12H18Cl2N2+2. The van der Waals surface area contributed by atoms with Gasteiger partial charge in [-0.2, -0.15) is 0 Å². The fraction of sp³-hybridized carbons (Fsp3) is 0.500. The minimum Gasteiger partial charge on any atom is -0.337 e. The molecule has 0 spiro atoms. The zero-order valence-electron chi connectivity index (χ0n) is 9.47. The van der Waals surface area contributed by atoms with Gasteiger partial charge in [0.05, 0.1) is 10.0 Å². The van der Waals surface area contributed by atoms with Gasteiger partial charge in [0.15, 0.2) is 0 Å². The van der Waals surface area contributed by atoms with Crippen LogP contribution >= 0.6 is 23.2 Å². The summed E-state index contributed by atoms with van der Waals surface area (Å²) in [5.41, 5.74) is 1.28. The van der Waals surface area contributed by atoms with E-state index >= 15 is 0 Å². The average Bonchev–Trinajstić information content (AvgIpc) is 2.33. The van der Waals surface area contributed by atoms with Crippen LogP contribution in [-0.4, -0.2) is 26.2 Å². The summed E-state index contributed by atoms with van der Waals surface area (Å²) in [5, 5.41) is 3.68. The molecule has 0 unspecified atom stereocenters. The second-order valence-corrected chi connectivity index (χ2v) is 5.23. The number of hydrogen-bond donors (Lipinski definition) is 2. The van der Waals surface area contributed by atoms with Gasteiger partial charge in [-0.3, -0.25) is 0 Å². The molecule has 1 aliphatic rings. The maximum atomic E-state index is 6.05. The van der Waals surface area contributed by atoms with Crippen molar-refractivity contribution in [3.05, 3.63) is 33.8 Å². The molecule has 0 aliphatic carbocycles. The number of rotatable bonds is 2. The number of nitrogens with two attached hydrogens (primary N) is 1. The molecule has 2 nitrogen and oxygen atoms in total. The van der Waals surface area contributed by atoms with E-state index in [0.717, 1.165) is 0 Å². The molecule has 0 bridgehead atoms. The fourth-order valence-electron chi connectivity index (χ4n) is 2.29. The Balaban J connectivity index is 2.12. The smallest absolute Gasteiger partial charge is 0.127 e. The third-order valence-corrected chi connectivity index (χ3v) is 4.13. The predicted octanol–water partition coefficient (Wildman–Crippen LogP) is 0.516. The van der Waals surface area contributed by atoms with Crippen LogP contribution in [-0.2, 0) is 0 Å². The molecule has 1 aromatic rings. The molecular weight excluding hydrogens is 243 g/mol. The maximum absolute atomic E-state index is 6.05. The van der Waals surface area contributed by atoms with Gasteiger partial charge < -0.3 is 10.2 Å². The molecule has 1 aliphatic heterocycles. The topological polar surface area (TPSA) is 21.1 Å². The maximum Gasteiger partial charge on any atom is 0.127 e. The Morgan fingerprint density at radius 1 is 1.19 bits per heavy atom. The molecule has 1 heterocycles. The van der Waals surface area contributed by atoms with Crippen molar-refractivity contribution in [3.63, 3.8) is 0 Å². The van der Waals surface area contributed by atoms with Gasteiger partial charge in [-0.05, 0) is 19.1 Å². The van der Waals surface area contributed by atoms with Gasteiger partial charge in [-0.1, -0.05) is 29.3 Å². The highest BCUT2D eigenvalue weighted by Crippen LogP contribution is 2.24. The largest absolute Gasteiger partial charge is 0.337 e. The first kappa shape index (κ1) is 12.2. The van der Waals surface area contributed by atoms with Gasteiger partial charge in [0.1, 0.15) is 32.2 Å². The van der Waals surface area contributed by atoms with E-state index in [9.17, 15) is 0 Å². The molecule has 88 valence electrons. The van der Waals surface area contributed by atoms with Crippen molar-refractivity contribution >= 4 is 23.2 Å². The van der Waals surface area contributed by atoms with Gasteiger partial charge in [-0.15, -0.1) is 0 Å². The molecule has 0 saturated carbocycles. The minimum absolute atomic E-state index is 0.503. The highest BCUT2D eigenvalue weighted by atomic mass is 35.5. The lowest BCUT2D eigenvalue weighted by Gasteiger charge is -2.28. The van der Waals surface area contributed by atoms with Gasteiger partial charge in [0.2, 0.25) is 0 Å². The summed E-state index contributed by atoms with van der Waals surface area (Å²) in [6.45, 7) is 7.16. The Hall–Kier alpha value is -0.280. The number of halogens is 2. The normalized spacial score (nSPS) is 19.7. The van der Waals surface area contributed by atoms with Crippen LogP contribution in [0.3, 0.4) is 0 Å². The van der Waals surface area contributed by atoms with Crippen LogP contribution < -0.4 is 10.2 Å². The number of benzene rings is 1. The zero-order valence-corrected chi connectivity index (χ0v) is 11.0. The first-order chi connectivity index (χ1) is 7.68. The summed E-state index contributed by atoms with van der Waals surface area (Å²) in [6.07, 6.45) is 0. The van der Waals surface area contributed by atoms with Crippen LogP contribution in [0.25, 0.3) is 0 Å². The van der Waals surface area contributed by atoms with E-state index in [0.29, 0.717) is 16.1 Å².